The first-order valence-electron chi connectivity index (χ1n) is 11.8. The van der Waals surface area contributed by atoms with Crippen molar-refractivity contribution in [3.63, 3.8) is 0 Å². The van der Waals surface area contributed by atoms with Gasteiger partial charge in [0.05, 0.1) is 28.5 Å². The van der Waals surface area contributed by atoms with Crippen molar-refractivity contribution >= 4 is 51.1 Å². The summed E-state index contributed by atoms with van der Waals surface area (Å²) in [6.45, 7) is 4.47. The zero-order valence-corrected chi connectivity index (χ0v) is 21.4. The normalized spacial score (nSPS) is 21.4. The van der Waals surface area contributed by atoms with Crippen molar-refractivity contribution < 1.29 is 38.8 Å². The fraction of sp³-hybridized carbons (Fsp3) is 0.320. The Labute approximate surface area is 219 Å². The Kier molecular flexibility index (Phi) is 5.99. The SMILES string of the molecule is CC(=O)c1nc(C(=O)c2ccc[n+](CC(N)=O)c2)c2sc(C3=C(C(=O)O)N4C(=O)[C@H]([C@@H](C)O)[C@H]4[C@H]3C)cn12. The molecule has 13 heteroatoms. The van der Waals surface area contributed by atoms with Crippen LogP contribution in [0.3, 0.4) is 0 Å². The lowest BCUT2D eigenvalue weighted by molar-refractivity contribution is -0.684. The number of Topliss-reactive ketones (excluding diaryl/α,β-unsaturated/α-hetero) is 1. The number of carbonyl (C=O) groups is 5. The van der Waals surface area contributed by atoms with Crippen LogP contribution in [0.25, 0.3) is 10.4 Å². The summed E-state index contributed by atoms with van der Waals surface area (Å²) in [5.74, 6) is -4.37. The van der Waals surface area contributed by atoms with E-state index < -0.39 is 53.3 Å². The van der Waals surface area contributed by atoms with Crippen molar-refractivity contribution in [1.29, 1.82) is 0 Å². The van der Waals surface area contributed by atoms with Crippen molar-refractivity contribution in [3.05, 3.63) is 58.4 Å². The number of carboxylic acid groups (broad SMARTS) is 1. The van der Waals surface area contributed by atoms with Crippen LogP contribution in [-0.2, 0) is 20.9 Å². The molecular weight excluding hydrogens is 514 g/mol. The lowest BCUT2D eigenvalue weighted by atomic mass is 9.77. The molecule has 0 aromatic carbocycles. The number of primary amides is 1. The van der Waals surface area contributed by atoms with Crippen molar-refractivity contribution in [1.82, 2.24) is 14.3 Å². The Morgan fingerprint density at radius 3 is 2.61 bits per heavy atom. The number of pyridine rings is 1. The quantitative estimate of drug-likeness (QED) is 0.208. The van der Waals surface area contributed by atoms with Crippen LogP contribution in [0, 0.1) is 11.8 Å². The molecule has 5 rings (SSSR count). The summed E-state index contributed by atoms with van der Waals surface area (Å²) in [4.78, 5) is 68.5. The van der Waals surface area contributed by atoms with Crippen molar-refractivity contribution in [2.24, 2.45) is 17.6 Å². The maximum absolute atomic E-state index is 13.5. The number of aromatic nitrogens is 3. The molecule has 2 aliphatic heterocycles. The zero-order valence-electron chi connectivity index (χ0n) is 20.6. The van der Waals surface area contributed by atoms with E-state index in [1.165, 1.54) is 33.9 Å². The molecule has 0 spiro atoms. The standard InChI is InChI=1S/C25H23N5O7S/c1-10-16(20(25(36)37)30-19(10)17(11(2)31)23(30)35)14-8-29-22(12(3)32)27-18(24(29)38-14)21(34)13-5-4-6-28(7-13)9-15(26)33/h4-8,10-11,17,19,31H,9H2,1-3H3,(H2-,26,33,36,37)/p+1/t10-,11+,17+,19+/m0/s1. The number of ketones is 2. The maximum Gasteiger partial charge on any atom is 0.352 e. The molecule has 1 fully saturated rings. The summed E-state index contributed by atoms with van der Waals surface area (Å²) in [5.41, 5.74) is 5.68. The number of β-lactam (4-membered cyclic amide) rings is 1. The predicted octanol–water partition coefficient (Wildman–Crippen LogP) is 0.255. The molecule has 0 bridgehead atoms. The van der Waals surface area contributed by atoms with Crippen LogP contribution in [0.5, 0.6) is 0 Å². The third-order valence-electron chi connectivity index (χ3n) is 6.95. The molecule has 5 heterocycles. The number of amides is 2. The maximum atomic E-state index is 13.5. The number of aliphatic hydroxyl groups excluding tert-OH is 1. The number of aliphatic hydroxyl groups is 1. The van der Waals surface area contributed by atoms with Gasteiger partial charge in [-0.2, -0.15) is 4.57 Å². The molecular formula is C25H24N5O7S+. The summed E-state index contributed by atoms with van der Waals surface area (Å²) >= 11 is 1.09. The molecule has 196 valence electrons. The second-order valence-corrected chi connectivity index (χ2v) is 10.5. The van der Waals surface area contributed by atoms with Crippen LogP contribution in [0.2, 0.25) is 0 Å². The van der Waals surface area contributed by atoms with Crippen molar-refractivity contribution in [2.45, 2.75) is 39.5 Å². The second kappa shape index (κ2) is 8.96. The average molecular weight is 539 g/mol. The summed E-state index contributed by atoms with van der Waals surface area (Å²) in [5, 5.41) is 20.1. The first-order chi connectivity index (χ1) is 17.9. The number of imidazole rings is 1. The largest absolute Gasteiger partial charge is 0.477 e. The van der Waals surface area contributed by atoms with Gasteiger partial charge in [-0.25, -0.2) is 9.78 Å². The number of nitrogens with zero attached hydrogens (tertiary/aromatic N) is 4. The fourth-order valence-electron chi connectivity index (χ4n) is 5.37. The first kappa shape index (κ1) is 25.4. The number of rotatable bonds is 8. The van der Waals surface area contributed by atoms with E-state index in [4.69, 9.17) is 5.73 Å². The Hall–Kier alpha value is -4.23. The number of carboxylic acids is 1. The monoisotopic (exact) mass is 538 g/mol. The Balaban J connectivity index is 1.64. The minimum absolute atomic E-state index is 0.00358. The predicted molar refractivity (Wildman–Crippen MR) is 132 cm³/mol. The van der Waals surface area contributed by atoms with Gasteiger partial charge in [-0.05, 0) is 13.0 Å². The Bertz CT molecular complexity index is 1600. The summed E-state index contributed by atoms with van der Waals surface area (Å²) in [7, 11) is 0. The number of hydrogen-bond donors (Lipinski definition) is 3. The Morgan fingerprint density at radius 2 is 2.00 bits per heavy atom. The molecule has 38 heavy (non-hydrogen) atoms. The van der Waals surface area contributed by atoms with E-state index in [0.717, 1.165) is 11.3 Å². The second-order valence-electron chi connectivity index (χ2n) is 9.49. The molecule has 0 radical (unpaired) electrons. The molecule has 0 aliphatic carbocycles. The van der Waals surface area contributed by atoms with Crippen molar-refractivity contribution in [2.75, 3.05) is 0 Å². The van der Waals surface area contributed by atoms with Gasteiger partial charge in [0.15, 0.2) is 24.0 Å². The first-order valence-corrected chi connectivity index (χ1v) is 12.6. The summed E-state index contributed by atoms with van der Waals surface area (Å²) in [6, 6.07) is 2.62. The third kappa shape index (κ3) is 3.73. The Morgan fingerprint density at radius 1 is 1.29 bits per heavy atom. The highest BCUT2D eigenvalue weighted by Crippen LogP contribution is 2.51. The van der Waals surface area contributed by atoms with E-state index in [-0.39, 0.29) is 29.3 Å². The van der Waals surface area contributed by atoms with Gasteiger partial charge >= 0.3 is 5.97 Å². The van der Waals surface area contributed by atoms with E-state index >= 15 is 0 Å². The van der Waals surface area contributed by atoms with Gasteiger partial charge in [0, 0.05) is 30.7 Å². The highest BCUT2D eigenvalue weighted by Gasteiger charge is 2.60. The van der Waals surface area contributed by atoms with Gasteiger partial charge in [-0.1, -0.05) is 6.92 Å². The number of nitrogens with two attached hydrogens (primary N) is 1. The van der Waals surface area contributed by atoms with Crippen molar-refractivity contribution in [3.8, 4) is 0 Å². The average Bonchev–Trinajstić information content (AvgIpc) is 3.46. The molecule has 4 atom stereocenters. The topological polar surface area (TPSA) is 176 Å². The lowest BCUT2D eigenvalue weighted by Gasteiger charge is -2.46. The molecule has 2 aliphatic rings. The zero-order chi connectivity index (χ0) is 27.6. The van der Waals surface area contributed by atoms with Crippen LogP contribution < -0.4 is 10.3 Å². The number of carbonyl (C=O) groups excluding carboxylic acids is 4. The lowest BCUT2D eigenvalue weighted by Crippen LogP contribution is -2.63. The van der Waals surface area contributed by atoms with Crippen LogP contribution >= 0.6 is 11.3 Å². The highest BCUT2D eigenvalue weighted by atomic mass is 32.1. The third-order valence-corrected chi connectivity index (χ3v) is 8.08. The van der Waals surface area contributed by atoms with E-state index in [1.54, 1.807) is 31.5 Å². The number of thiazole rings is 1. The number of hydrogen-bond acceptors (Lipinski definition) is 8. The number of fused-ring (bicyclic) bond motifs is 2. The fourth-order valence-corrected chi connectivity index (χ4v) is 6.60. The van der Waals surface area contributed by atoms with Gasteiger partial charge in [-0.15, -0.1) is 11.3 Å². The van der Waals surface area contributed by atoms with Gasteiger partial charge in [-0.3, -0.25) is 23.6 Å². The molecule has 3 aromatic heterocycles. The summed E-state index contributed by atoms with van der Waals surface area (Å²) < 4.78 is 2.91. The van der Waals surface area contributed by atoms with Crippen LogP contribution in [0.15, 0.2) is 36.4 Å². The van der Waals surface area contributed by atoms with Crippen LogP contribution in [0.4, 0.5) is 0 Å². The molecule has 0 unspecified atom stereocenters. The van der Waals surface area contributed by atoms with Crippen LogP contribution in [-0.4, -0.2) is 66.0 Å². The van der Waals surface area contributed by atoms with E-state index in [1.807, 2.05) is 0 Å². The highest BCUT2D eigenvalue weighted by molar-refractivity contribution is 7.18. The molecule has 12 nitrogen and oxygen atoms in total. The van der Waals surface area contributed by atoms with Gasteiger partial charge in [0.1, 0.15) is 16.2 Å². The molecule has 1 saturated heterocycles. The van der Waals surface area contributed by atoms with E-state index in [0.29, 0.717) is 15.3 Å². The van der Waals surface area contributed by atoms with Gasteiger partial charge < -0.3 is 20.8 Å². The van der Waals surface area contributed by atoms with E-state index in [2.05, 4.69) is 4.98 Å². The minimum atomic E-state index is -1.28. The minimum Gasteiger partial charge on any atom is -0.477 e. The molecule has 0 saturated carbocycles. The molecule has 2 amide bonds. The number of aliphatic carboxylic acids is 1. The van der Waals surface area contributed by atoms with Gasteiger partial charge in [0.2, 0.25) is 18.2 Å². The molecule has 4 N–H and O–H groups in total. The smallest absolute Gasteiger partial charge is 0.352 e. The van der Waals surface area contributed by atoms with Gasteiger partial charge in [0.25, 0.3) is 5.91 Å². The van der Waals surface area contributed by atoms with E-state index in [9.17, 15) is 34.2 Å². The summed E-state index contributed by atoms with van der Waals surface area (Å²) in [6.07, 6.45) is 3.65. The van der Waals surface area contributed by atoms with Crippen LogP contribution in [0.1, 0.15) is 52.3 Å². The molecule has 3 aromatic rings.